The van der Waals surface area contributed by atoms with Crippen molar-refractivity contribution < 1.29 is 14.1 Å². The Balaban J connectivity index is 1.23. The highest BCUT2D eigenvalue weighted by atomic mass is 32.1. The number of likely N-dealkylation sites (tertiary alicyclic amines) is 1. The zero-order valence-electron chi connectivity index (χ0n) is 19.3. The molecule has 1 saturated heterocycles. The lowest BCUT2D eigenvalue weighted by atomic mass is 9.88. The van der Waals surface area contributed by atoms with Gasteiger partial charge in [-0.15, -0.1) is 11.3 Å². The summed E-state index contributed by atoms with van der Waals surface area (Å²) in [5.74, 6) is 2.15. The number of carbonyl (C=O) groups excluding carboxylic acids is 1. The average molecular weight is 467 g/mol. The monoisotopic (exact) mass is 466 g/mol. The second-order valence-electron chi connectivity index (χ2n) is 9.73. The highest BCUT2D eigenvalue weighted by Crippen LogP contribution is 2.40. The van der Waals surface area contributed by atoms with Gasteiger partial charge >= 0.3 is 0 Å². The number of thiophene rings is 1. The molecule has 1 aromatic carbocycles. The van der Waals surface area contributed by atoms with Crippen LogP contribution < -0.4 is 10.1 Å². The number of benzene rings is 1. The van der Waals surface area contributed by atoms with E-state index < -0.39 is 0 Å². The summed E-state index contributed by atoms with van der Waals surface area (Å²) in [5.41, 5.74) is 1.89. The first kappa shape index (κ1) is 22.1. The number of carbonyl (C=O) groups is 1. The molecule has 7 nitrogen and oxygen atoms in total. The minimum atomic E-state index is -0.324. The third-order valence-electron chi connectivity index (χ3n) is 6.39. The first-order valence-electron chi connectivity index (χ1n) is 11.5. The summed E-state index contributed by atoms with van der Waals surface area (Å²) in [6.45, 7) is 8.39. The molecule has 0 spiro atoms. The number of hydrogen-bond acceptors (Lipinski definition) is 7. The Morgan fingerprint density at radius 3 is 3.03 bits per heavy atom. The smallest absolute Gasteiger partial charge is 0.241 e. The first-order valence-corrected chi connectivity index (χ1v) is 12.4. The molecule has 4 heterocycles. The summed E-state index contributed by atoms with van der Waals surface area (Å²) < 4.78 is 11.7. The highest BCUT2D eigenvalue weighted by molar-refractivity contribution is 7.13. The number of rotatable bonds is 5. The molecule has 0 saturated carbocycles. The van der Waals surface area contributed by atoms with Gasteiger partial charge in [-0.2, -0.15) is 4.98 Å². The number of nitrogens with zero attached hydrogens (tertiary/aromatic N) is 3. The second-order valence-corrected chi connectivity index (χ2v) is 10.7. The zero-order chi connectivity index (χ0) is 23.0. The van der Waals surface area contributed by atoms with Crippen LogP contribution in [0.4, 0.5) is 0 Å². The molecule has 2 atom stereocenters. The van der Waals surface area contributed by atoms with E-state index in [1.807, 2.05) is 17.5 Å². The van der Waals surface area contributed by atoms with E-state index in [0.717, 1.165) is 47.6 Å². The molecule has 1 fully saturated rings. The first-order chi connectivity index (χ1) is 15.9. The van der Waals surface area contributed by atoms with Crippen LogP contribution in [0, 0.1) is 12.8 Å². The summed E-state index contributed by atoms with van der Waals surface area (Å²) in [5, 5.41) is 9.43. The van der Waals surface area contributed by atoms with Gasteiger partial charge in [-0.1, -0.05) is 23.4 Å². The predicted octanol–water partition coefficient (Wildman–Crippen LogP) is 4.74. The number of fused-ring (bicyclic) bond motifs is 1. The maximum Gasteiger partial charge on any atom is 0.241 e. The van der Waals surface area contributed by atoms with Crippen molar-refractivity contribution in [2.45, 2.75) is 58.2 Å². The van der Waals surface area contributed by atoms with Crippen LogP contribution in [0.3, 0.4) is 0 Å². The summed E-state index contributed by atoms with van der Waals surface area (Å²) in [4.78, 5) is 21.1. The molecule has 0 bridgehead atoms. The maximum atomic E-state index is 13.3. The topological polar surface area (TPSA) is 80.5 Å². The van der Waals surface area contributed by atoms with Gasteiger partial charge in [0.2, 0.25) is 17.6 Å². The molecule has 1 N–H and O–H groups in total. The molecule has 0 radical (unpaired) electrons. The number of hydrogen-bond donors (Lipinski definition) is 1. The summed E-state index contributed by atoms with van der Waals surface area (Å²) in [7, 11) is 0. The van der Waals surface area contributed by atoms with E-state index in [2.05, 4.69) is 59.3 Å². The Labute approximate surface area is 198 Å². The maximum absolute atomic E-state index is 13.3. The number of nitrogens with one attached hydrogen (secondary N) is 1. The molecule has 5 rings (SSSR count). The molecule has 8 heteroatoms. The van der Waals surface area contributed by atoms with Crippen molar-refractivity contribution in [3.8, 4) is 16.5 Å². The van der Waals surface area contributed by atoms with Crippen molar-refractivity contribution in [3.63, 3.8) is 0 Å². The van der Waals surface area contributed by atoms with Crippen LogP contribution in [-0.2, 0) is 11.3 Å². The van der Waals surface area contributed by atoms with E-state index in [1.165, 1.54) is 0 Å². The summed E-state index contributed by atoms with van der Waals surface area (Å²) in [6.07, 6.45) is 2.61. The Kier molecular flexibility index (Phi) is 5.97. The number of piperidine rings is 1. The van der Waals surface area contributed by atoms with Crippen molar-refractivity contribution in [1.29, 1.82) is 0 Å². The Hall–Kier alpha value is -2.71. The normalized spacial score (nSPS) is 22.4. The van der Waals surface area contributed by atoms with E-state index in [1.54, 1.807) is 11.3 Å². The predicted molar refractivity (Wildman–Crippen MR) is 127 cm³/mol. The Morgan fingerprint density at radius 2 is 2.21 bits per heavy atom. The Morgan fingerprint density at radius 1 is 1.33 bits per heavy atom. The molecule has 2 aliphatic rings. The minimum absolute atomic E-state index is 0.0449. The SMILES string of the molecule is Cc1ccc2c(c1)OC(C)(C)CC2NC(=O)C1CCCN(Cc2nc(-c3cccs3)no2)C1. The Bertz CT molecular complexity index is 1120. The molecule has 2 aliphatic heterocycles. The molecule has 174 valence electrons. The molecular weight excluding hydrogens is 436 g/mol. The largest absolute Gasteiger partial charge is 0.487 e. The third kappa shape index (κ3) is 4.96. The van der Waals surface area contributed by atoms with Gasteiger partial charge in [-0.25, -0.2) is 0 Å². The zero-order valence-corrected chi connectivity index (χ0v) is 20.2. The molecule has 2 aromatic heterocycles. The lowest BCUT2D eigenvalue weighted by Gasteiger charge is -2.39. The van der Waals surface area contributed by atoms with Gasteiger partial charge in [-0.3, -0.25) is 9.69 Å². The average Bonchev–Trinajstić information content (AvgIpc) is 3.45. The summed E-state index contributed by atoms with van der Waals surface area (Å²) >= 11 is 1.59. The van der Waals surface area contributed by atoms with E-state index in [-0.39, 0.29) is 23.5 Å². The molecule has 2 unspecified atom stereocenters. The van der Waals surface area contributed by atoms with Crippen LogP contribution in [0.5, 0.6) is 5.75 Å². The molecule has 33 heavy (non-hydrogen) atoms. The van der Waals surface area contributed by atoms with Crippen LogP contribution in [0.1, 0.15) is 56.2 Å². The number of amides is 1. The van der Waals surface area contributed by atoms with Gasteiger partial charge < -0.3 is 14.6 Å². The van der Waals surface area contributed by atoms with Gasteiger partial charge in [0.05, 0.1) is 23.4 Å². The van der Waals surface area contributed by atoms with Gasteiger partial charge in [0.1, 0.15) is 11.4 Å². The number of aryl methyl sites for hydroxylation is 1. The van der Waals surface area contributed by atoms with Gasteiger partial charge in [0.15, 0.2) is 0 Å². The van der Waals surface area contributed by atoms with Crippen LogP contribution >= 0.6 is 11.3 Å². The van der Waals surface area contributed by atoms with E-state index in [4.69, 9.17) is 9.26 Å². The highest BCUT2D eigenvalue weighted by Gasteiger charge is 2.36. The van der Waals surface area contributed by atoms with E-state index in [0.29, 0.717) is 24.8 Å². The molecule has 0 aliphatic carbocycles. The molecule has 3 aromatic rings. The van der Waals surface area contributed by atoms with Crippen LogP contribution in [0.25, 0.3) is 10.7 Å². The van der Waals surface area contributed by atoms with Gasteiger partial charge in [-0.05, 0) is 63.2 Å². The second kappa shape index (κ2) is 8.91. The van der Waals surface area contributed by atoms with Gasteiger partial charge in [0, 0.05) is 18.5 Å². The third-order valence-corrected chi connectivity index (χ3v) is 7.25. The van der Waals surface area contributed by atoms with Crippen molar-refractivity contribution in [2.75, 3.05) is 13.1 Å². The number of aromatic nitrogens is 2. The van der Waals surface area contributed by atoms with Crippen molar-refractivity contribution >= 4 is 17.2 Å². The number of ether oxygens (including phenoxy) is 1. The van der Waals surface area contributed by atoms with Gasteiger partial charge in [0.25, 0.3) is 0 Å². The fourth-order valence-electron chi connectivity index (χ4n) is 4.81. The fourth-order valence-corrected chi connectivity index (χ4v) is 5.46. The quantitative estimate of drug-likeness (QED) is 0.585. The van der Waals surface area contributed by atoms with E-state index in [9.17, 15) is 4.79 Å². The minimum Gasteiger partial charge on any atom is -0.487 e. The van der Waals surface area contributed by atoms with Crippen LogP contribution in [-0.4, -0.2) is 39.6 Å². The van der Waals surface area contributed by atoms with Crippen molar-refractivity contribution in [2.24, 2.45) is 5.92 Å². The standard InChI is InChI=1S/C25H30N4O3S/c1-16-8-9-18-19(13-25(2,3)31-20(18)12-16)26-24(30)17-6-4-10-29(14-17)15-22-27-23(28-32-22)21-7-5-11-33-21/h5,7-9,11-12,17,19H,4,6,10,13-15H2,1-3H3,(H,26,30). The van der Waals surface area contributed by atoms with Crippen LogP contribution in [0.15, 0.2) is 40.2 Å². The fraction of sp³-hybridized carbons (Fsp3) is 0.480. The lowest BCUT2D eigenvalue weighted by molar-refractivity contribution is -0.128. The van der Waals surface area contributed by atoms with Crippen molar-refractivity contribution in [3.05, 3.63) is 52.7 Å². The van der Waals surface area contributed by atoms with Crippen LogP contribution in [0.2, 0.25) is 0 Å². The van der Waals surface area contributed by atoms with E-state index >= 15 is 0 Å². The molecule has 1 amide bonds. The molecular formula is C25H30N4O3S. The summed E-state index contributed by atoms with van der Waals surface area (Å²) in [6, 6.07) is 10.1. The lowest BCUT2D eigenvalue weighted by Crippen LogP contribution is -2.46. The van der Waals surface area contributed by atoms with Crippen molar-refractivity contribution in [1.82, 2.24) is 20.4 Å².